The summed E-state index contributed by atoms with van der Waals surface area (Å²) in [7, 11) is 0. The fourth-order valence-electron chi connectivity index (χ4n) is 0.589. The van der Waals surface area contributed by atoms with Gasteiger partial charge in [0.05, 0.1) is 0 Å². The predicted molar refractivity (Wildman–Crippen MR) is 75.2 cm³/mol. The third-order valence-corrected chi connectivity index (χ3v) is 2.83. The van der Waals surface area contributed by atoms with Gasteiger partial charge < -0.3 is 34.0 Å². The molecule has 0 N–H and O–H groups in total. The first kappa shape index (κ1) is 23.9. The molecule has 0 amide bonds. The summed E-state index contributed by atoms with van der Waals surface area (Å²) < 4.78 is 0. The molecule has 3 aromatic heterocycles. The van der Waals surface area contributed by atoms with E-state index >= 15 is 0 Å². The van der Waals surface area contributed by atoms with Gasteiger partial charge in [0, 0.05) is 40.6 Å². The first-order valence-electron chi connectivity index (χ1n) is 4.19. The van der Waals surface area contributed by atoms with E-state index in [-0.39, 0.29) is 58.4 Å². The van der Waals surface area contributed by atoms with Gasteiger partial charge in [0.25, 0.3) is 0 Å². The zero-order valence-electron chi connectivity index (χ0n) is 9.12. The smallest absolute Gasteiger partial charge is 0.0442 e. The molecule has 0 fully saturated rings. The van der Waals surface area contributed by atoms with Crippen molar-refractivity contribution in [3.05, 3.63) is 68.7 Å². The second-order valence-electron chi connectivity index (χ2n) is 2.19. The molecule has 18 heavy (non-hydrogen) atoms. The van der Waals surface area contributed by atoms with Crippen LogP contribution in [0.25, 0.3) is 0 Å². The Hall–Kier alpha value is 0.878. The minimum absolute atomic E-state index is 0. The van der Waals surface area contributed by atoms with Crippen molar-refractivity contribution in [3.63, 3.8) is 0 Å². The quantitative estimate of drug-likeness (QED) is 0.303. The zero-order chi connectivity index (χ0) is 10.6. The molecule has 96 valence electrons. The van der Waals surface area contributed by atoms with Crippen molar-refractivity contribution in [1.82, 2.24) is 0 Å². The summed E-state index contributed by atoms with van der Waals surface area (Å²) >= 11 is 4.76. The Bertz CT molecular complexity index is 257. The molecule has 0 spiro atoms. The van der Waals surface area contributed by atoms with Crippen molar-refractivity contribution in [1.29, 1.82) is 0 Å². The average Bonchev–Trinajstić information content (AvgIpc) is 3.09. The first-order valence-corrected chi connectivity index (χ1v) is 6.82. The third-order valence-electron chi connectivity index (χ3n) is 1.14. The molecule has 0 aliphatic rings. The Balaban J connectivity index is -0.000000173. The molecule has 0 bridgehead atoms. The SMILES string of the molecule is [Br-].[Br-].[Sb].[c]1cccs1.[c]1cccs1.[c]1cccs1. The second-order valence-corrected chi connectivity index (χ2v) is 4.42. The van der Waals surface area contributed by atoms with Gasteiger partial charge in [-0.05, 0) is 34.3 Å². The summed E-state index contributed by atoms with van der Waals surface area (Å²) in [6.07, 6.45) is 0. The van der Waals surface area contributed by atoms with Crippen LogP contribution in [0, 0.1) is 16.1 Å². The Labute approximate surface area is 159 Å². The minimum Gasteiger partial charge on any atom is -1.00 e. The van der Waals surface area contributed by atoms with E-state index in [1.165, 1.54) is 0 Å². The molecule has 0 aliphatic carbocycles. The van der Waals surface area contributed by atoms with Gasteiger partial charge in [-0.1, -0.05) is 18.2 Å². The number of thiophene rings is 3. The summed E-state index contributed by atoms with van der Waals surface area (Å²) in [6, 6.07) is 11.6. The molecular weight excluding hydrogens is 522 g/mol. The maximum atomic E-state index is 2.90. The Morgan fingerprint density at radius 3 is 0.889 bits per heavy atom. The molecule has 0 unspecified atom stereocenters. The third kappa shape index (κ3) is 16.9. The molecule has 3 aromatic rings. The van der Waals surface area contributed by atoms with Gasteiger partial charge in [0.1, 0.15) is 0 Å². The molecule has 0 saturated carbocycles. The Morgan fingerprint density at radius 2 is 0.833 bits per heavy atom. The van der Waals surface area contributed by atoms with Gasteiger partial charge >= 0.3 is 0 Å². The molecular formula is C12H9Br2S3Sb-2. The maximum absolute atomic E-state index is 2.90. The van der Waals surface area contributed by atoms with Gasteiger partial charge in [-0.25, -0.2) is 0 Å². The van der Waals surface area contributed by atoms with Gasteiger partial charge in [-0.15, -0.1) is 34.0 Å². The largest absolute Gasteiger partial charge is 1.00 e. The molecule has 6 heteroatoms. The summed E-state index contributed by atoms with van der Waals surface area (Å²) in [4.78, 5) is 0. The number of rotatable bonds is 0. The topological polar surface area (TPSA) is 0 Å². The van der Waals surface area contributed by atoms with E-state index in [9.17, 15) is 0 Å². The molecule has 0 saturated heterocycles. The van der Waals surface area contributed by atoms with Crippen LogP contribution in [0.3, 0.4) is 0 Å². The Kier molecular flexibility index (Phi) is 26.9. The zero-order valence-corrected chi connectivity index (χ0v) is 17.3. The van der Waals surface area contributed by atoms with E-state index in [0.29, 0.717) is 0 Å². The average molecular weight is 531 g/mol. The van der Waals surface area contributed by atoms with Crippen LogP contribution in [-0.4, -0.2) is 24.4 Å². The van der Waals surface area contributed by atoms with Crippen LogP contribution in [0.5, 0.6) is 0 Å². The van der Waals surface area contributed by atoms with Crippen LogP contribution < -0.4 is 34.0 Å². The van der Waals surface area contributed by atoms with Crippen molar-refractivity contribution in [3.8, 4) is 0 Å². The van der Waals surface area contributed by atoms with Crippen LogP contribution in [0.15, 0.2) is 52.5 Å². The van der Waals surface area contributed by atoms with Crippen molar-refractivity contribution in [2.24, 2.45) is 0 Å². The van der Waals surface area contributed by atoms with Gasteiger partial charge in [-0.2, -0.15) is 0 Å². The van der Waals surface area contributed by atoms with Gasteiger partial charge in [0.2, 0.25) is 0 Å². The van der Waals surface area contributed by atoms with Crippen LogP contribution in [0.1, 0.15) is 0 Å². The van der Waals surface area contributed by atoms with Crippen molar-refractivity contribution < 1.29 is 34.0 Å². The monoisotopic (exact) mass is 528 g/mol. The molecule has 0 nitrogen and oxygen atoms in total. The number of hydrogen-bond acceptors (Lipinski definition) is 3. The van der Waals surface area contributed by atoms with Crippen molar-refractivity contribution >= 4 is 58.4 Å². The second kappa shape index (κ2) is 20.2. The van der Waals surface area contributed by atoms with E-state index in [0.717, 1.165) is 0 Å². The van der Waals surface area contributed by atoms with Crippen molar-refractivity contribution in [2.75, 3.05) is 0 Å². The Morgan fingerprint density at radius 1 is 0.556 bits per heavy atom. The maximum Gasteiger partial charge on any atom is 0.0442 e. The first-order chi connectivity index (χ1) is 7.50. The molecule has 6 radical (unpaired) electrons. The van der Waals surface area contributed by atoms with Crippen LogP contribution in [-0.2, 0) is 0 Å². The molecule has 3 heterocycles. The standard InChI is InChI=1S/3C4H3S.2BrH.Sb/c3*1-2-4-5-3-1;;;/h3*1-3H;2*1H;/p-2. The molecule has 0 atom stereocenters. The van der Waals surface area contributed by atoms with E-state index in [1.807, 2.05) is 52.5 Å². The minimum atomic E-state index is 0. The molecule has 0 aliphatic heterocycles. The van der Waals surface area contributed by atoms with E-state index in [1.54, 1.807) is 34.0 Å². The summed E-state index contributed by atoms with van der Waals surface area (Å²) in [5.74, 6) is 0. The normalized spacial score (nSPS) is 6.67. The predicted octanol–water partition coefficient (Wildman–Crippen LogP) is -1.73. The fraction of sp³-hybridized carbons (Fsp3) is 0. The van der Waals surface area contributed by atoms with Gasteiger partial charge in [0.15, 0.2) is 0 Å². The van der Waals surface area contributed by atoms with E-state index < -0.39 is 0 Å². The summed E-state index contributed by atoms with van der Waals surface area (Å²) in [6.45, 7) is 0. The van der Waals surface area contributed by atoms with Crippen LogP contribution in [0.2, 0.25) is 0 Å². The van der Waals surface area contributed by atoms with Crippen LogP contribution in [0.4, 0.5) is 0 Å². The molecule has 0 aromatic carbocycles. The summed E-state index contributed by atoms with van der Waals surface area (Å²) in [5.41, 5.74) is 0. The van der Waals surface area contributed by atoms with E-state index in [2.05, 4.69) is 16.1 Å². The van der Waals surface area contributed by atoms with Crippen molar-refractivity contribution in [2.45, 2.75) is 0 Å². The van der Waals surface area contributed by atoms with Gasteiger partial charge in [-0.3, -0.25) is 0 Å². The number of halogens is 2. The van der Waals surface area contributed by atoms with E-state index in [4.69, 9.17) is 0 Å². The summed E-state index contributed by atoms with van der Waals surface area (Å²) in [5, 5.41) is 14.7. The molecule has 3 rings (SSSR count). The fourth-order valence-corrected chi connectivity index (χ4v) is 1.77. The number of hydrogen-bond donors (Lipinski definition) is 0. The van der Waals surface area contributed by atoms with Crippen LogP contribution >= 0.6 is 34.0 Å².